The van der Waals surface area contributed by atoms with Crippen LogP contribution in [0.5, 0.6) is 0 Å². The Hall–Kier alpha value is -1.68. The zero-order chi connectivity index (χ0) is 21.6. The third kappa shape index (κ3) is 6.65. The summed E-state index contributed by atoms with van der Waals surface area (Å²) in [6, 6.07) is 11.2. The number of fused-ring (bicyclic) bond motifs is 1. The Balaban J connectivity index is 0.00000341. The first-order chi connectivity index (χ1) is 14.5. The van der Waals surface area contributed by atoms with E-state index in [1.165, 1.54) is 5.56 Å². The van der Waals surface area contributed by atoms with Crippen LogP contribution >= 0.6 is 24.0 Å². The third-order valence-corrected chi connectivity index (χ3v) is 6.30. The van der Waals surface area contributed by atoms with Gasteiger partial charge >= 0.3 is 0 Å². The van der Waals surface area contributed by atoms with Crippen LogP contribution in [0.2, 0.25) is 0 Å². The van der Waals surface area contributed by atoms with Crippen molar-refractivity contribution in [1.29, 1.82) is 0 Å². The molecule has 2 heterocycles. The predicted octanol–water partition coefficient (Wildman–Crippen LogP) is 3.59. The lowest BCUT2D eigenvalue weighted by molar-refractivity contribution is 0.270. The third-order valence-electron chi connectivity index (χ3n) is 6.30. The smallest absolute Gasteiger partial charge is 0.191 e. The molecule has 1 aromatic carbocycles. The molecule has 1 aliphatic rings. The Morgan fingerprint density at radius 2 is 1.97 bits per heavy atom. The first kappa shape index (κ1) is 25.6. The van der Waals surface area contributed by atoms with Crippen molar-refractivity contribution in [2.24, 2.45) is 4.99 Å². The second-order valence-corrected chi connectivity index (χ2v) is 8.33. The molecule has 0 spiro atoms. The van der Waals surface area contributed by atoms with Crippen LogP contribution in [0.25, 0.3) is 0 Å². The lowest BCUT2D eigenvalue weighted by Crippen LogP contribution is -2.56. The van der Waals surface area contributed by atoms with E-state index in [1.54, 1.807) is 0 Å². The average Bonchev–Trinajstić information content (AvgIpc) is 3.15. The molecule has 2 aromatic rings. The van der Waals surface area contributed by atoms with E-state index in [4.69, 9.17) is 0 Å². The van der Waals surface area contributed by atoms with Gasteiger partial charge in [0.1, 0.15) is 11.6 Å². The van der Waals surface area contributed by atoms with Crippen LogP contribution in [-0.4, -0.2) is 45.9 Å². The summed E-state index contributed by atoms with van der Waals surface area (Å²) in [5, 5.41) is 15.5. The Bertz CT molecular complexity index is 830. The highest BCUT2D eigenvalue weighted by atomic mass is 127. The summed E-state index contributed by atoms with van der Waals surface area (Å²) >= 11 is 0. The van der Waals surface area contributed by atoms with Gasteiger partial charge in [-0.15, -0.1) is 24.0 Å². The van der Waals surface area contributed by atoms with Gasteiger partial charge in [-0.05, 0) is 38.7 Å². The molecule has 7 nitrogen and oxygen atoms in total. The van der Waals surface area contributed by atoms with Crippen molar-refractivity contribution in [1.82, 2.24) is 30.7 Å². The van der Waals surface area contributed by atoms with Gasteiger partial charge in [0.05, 0.1) is 6.54 Å². The highest BCUT2D eigenvalue weighted by molar-refractivity contribution is 14.0. The molecule has 0 amide bonds. The maximum atomic E-state index is 4.50. The van der Waals surface area contributed by atoms with Crippen LogP contribution in [0.4, 0.5) is 0 Å². The van der Waals surface area contributed by atoms with E-state index < -0.39 is 0 Å². The summed E-state index contributed by atoms with van der Waals surface area (Å²) < 4.78 is 2.02. The van der Waals surface area contributed by atoms with Gasteiger partial charge in [0.25, 0.3) is 0 Å². The van der Waals surface area contributed by atoms with Crippen LogP contribution in [0.15, 0.2) is 35.3 Å². The van der Waals surface area contributed by atoms with Gasteiger partial charge in [-0.2, -0.15) is 5.10 Å². The summed E-state index contributed by atoms with van der Waals surface area (Å²) in [6.45, 7) is 10.3. The van der Waals surface area contributed by atoms with E-state index in [2.05, 4.69) is 82.1 Å². The van der Waals surface area contributed by atoms with Gasteiger partial charge in [0.2, 0.25) is 0 Å². The number of halogens is 1. The fraction of sp³-hybridized carbons (Fsp3) is 0.609. The van der Waals surface area contributed by atoms with Crippen molar-refractivity contribution in [2.45, 2.75) is 77.5 Å². The van der Waals surface area contributed by atoms with Gasteiger partial charge in [0, 0.05) is 37.6 Å². The minimum atomic E-state index is -0.00434. The number of hydrogen-bond donors (Lipinski definition) is 3. The van der Waals surface area contributed by atoms with E-state index in [1.807, 2.05) is 18.7 Å². The summed E-state index contributed by atoms with van der Waals surface area (Å²) in [4.78, 5) is 8.97. The molecule has 0 fully saturated rings. The second-order valence-electron chi connectivity index (χ2n) is 8.33. The first-order valence-corrected chi connectivity index (χ1v) is 11.2. The molecular weight excluding hydrogens is 501 g/mol. The van der Waals surface area contributed by atoms with Gasteiger partial charge in [-0.25, -0.2) is 9.67 Å². The second kappa shape index (κ2) is 11.8. The monoisotopic (exact) mass is 539 g/mol. The minimum Gasteiger partial charge on any atom is -0.355 e. The molecule has 2 unspecified atom stereocenters. The number of hydrogen-bond acceptors (Lipinski definition) is 4. The quantitative estimate of drug-likeness (QED) is 0.272. The number of nitrogens with one attached hydrogen (secondary N) is 3. The summed E-state index contributed by atoms with van der Waals surface area (Å²) in [7, 11) is 1.84. The molecule has 2 atom stereocenters. The van der Waals surface area contributed by atoms with E-state index in [-0.39, 0.29) is 35.6 Å². The molecular formula is C23H38IN7. The van der Waals surface area contributed by atoms with Gasteiger partial charge in [-0.3, -0.25) is 4.99 Å². The average molecular weight is 540 g/mol. The molecule has 1 aromatic heterocycles. The number of rotatable bonds is 8. The van der Waals surface area contributed by atoms with Gasteiger partial charge < -0.3 is 16.0 Å². The van der Waals surface area contributed by atoms with Crippen molar-refractivity contribution in [3.8, 4) is 0 Å². The molecule has 0 radical (unpaired) electrons. The van der Waals surface area contributed by atoms with Gasteiger partial charge in [0.15, 0.2) is 5.96 Å². The first-order valence-electron chi connectivity index (χ1n) is 11.2. The van der Waals surface area contributed by atoms with Crippen LogP contribution in [-0.2, 0) is 13.0 Å². The molecule has 8 heteroatoms. The standard InChI is InChI=1S/C23H37N7.HI/c1-6-23(7-2,28-17(3)19-11-9-8-10-12-19)16-25-22(24-5)27-20-13-14-21-26-18(4)29-30(21)15-20;/h8-12,17,20,28H,6-7,13-16H2,1-5H3,(H2,24,25,27);1H. The molecule has 1 aliphatic heterocycles. The molecule has 0 saturated carbocycles. The summed E-state index contributed by atoms with van der Waals surface area (Å²) in [5.74, 6) is 2.78. The lowest BCUT2D eigenvalue weighted by atomic mass is 9.90. The Morgan fingerprint density at radius 1 is 1.26 bits per heavy atom. The van der Waals surface area contributed by atoms with Crippen molar-refractivity contribution in [3.63, 3.8) is 0 Å². The number of aliphatic imine (C=N–C) groups is 1. The van der Waals surface area contributed by atoms with Crippen LogP contribution < -0.4 is 16.0 Å². The topological polar surface area (TPSA) is 79.2 Å². The lowest BCUT2D eigenvalue weighted by Gasteiger charge is -2.37. The molecule has 0 aliphatic carbocycles. The number of aromatic nitrogens is 3. The SMILES string of the molecule is CCC(CC)(CNC(=NC)NC1CCc2nc(C)nn2C1)NC(C)c1ccccc1.I. The van der Waals surface area contributed by atoms with E-state index >= 15 is 0 Å². The summed E-state index contributed by atoms with van der Waals surface area (Å²) in [6.07, 6.45) is 4.06. The number of aryl methyl sites for hydroxylation is 2. The van der Waals surface area contributed by atoms with Crippen molar-refractivity contribution < 1.29 is 0 Å². The maximum absolute atomic E-state index is 4.50. The number of guanidine groups is 1. The Morgan fingerprint density at radius 3 is 2.61 bits per heavy atom. The van der Waals surface area contributed by atoms with Crippen LogP contribution in [0.1, 0.15) is 63.3 Å². The predicted molar refractivity (Wildman–Crippen MR) is 138 cm³/mol. The van der Waals surface area contributed by atoms with Crippen molar-refractivity contribution in [2.75, 3.05) is 13.6 Å². The van der Waals surface area contributed by atoms with Crippen molar-refractivity contribution in [3.05, 3.63) is 47.5 Å². The number of nitrogens with zero attached hydrogens (tertiary/aromatic N) is 4. The molecule has 3 rings (SSSR count). The minimum absolute atomic E-state index is 0. The zero-order valence-electron chi connectivity index (χ0n) is 19.5. The molecule has 172 valence electrons. The van der Waals surface area contributed by atoms with E-state index in [0.29, 0.717) is 6.04 Å². The Labute approximate surface area is 203 Å². The van der Waals surface area contributed by atoms with Gasteiger partial charge in [-0.1, -0.05) is 44.2 Å². The summed E-state index contributed by atoms with van der Waals surface area (Å²) in [5.41, 5.74) is 1.31. The van der Waals surface area contributed by atoms with Crippen molar-refractivity contribution >= 4 is 29.9 Å². The van der Waals surface area contributed by atoms with Crippen LogP contribution in [0.3, 0.4) is 0 Å². The highest BCUT2D eigenvalue weighted by Crippen LogP contribution is 2.21. The molecule has 3 N–H and O–H groups in total. The molecule has 0 saturated heterocycles. The zero-order valence-corrected chi connectivity index (χ0v) is 21.8. The normalized spacial score (nSPS) is 17.5. The largest absolute Gasteiger partial charge is 0.355 e. The maximum Gasteiger partial charge on any atom is 0.191 e. The fourth-order valence-electron chi connectivity index (χ4n) is 4.23. The molecule has 0 bridgehead atoms. The molecule has 31 heavy (non-hydrogen) atoms. The van der Waals surface area contributed by atoms with Crippen LogP contribution in [0, 0.1) is 6.92 Å². The highest BCUT2D eigenvalue weighted by Gasteiger charge is 2.29. The van der Waals surface area contributed by atoms with E-state index in [9.17, 15) is 0 Å². The fourth-order valence-corrected chi connectivity index (χ4v) is 4.23. The number of benzene rings is 1. The Kier molecular flexibility index (Phi) is 9.74. The van der Waals surface area contributed by atoms with E-state index in [0.717, 1.165) is 56.4 Å².